The van der Waals surface area contributed by atoms with Crippen molar-refractivity contribution in [3.05, 3.63) is 39.9 Å². The minimum absolute atomic E-state index is 0.0114. The van der Waals surface area contributed by atoms with Crippen molar-refractivity contribution >= 4 is 11.6 Å². The summed E-state index contributed by atoms with van der Waals surface area (Å²) in [5.74, 6) is -0.121. The summed E-state index contributed by atoms with van der Waals surface area (Å²) < 4.78 is 0. The number of nitro groups is 1. The van der Waals surface area contributed by atoms with Crippen LogP contribution in [0.25, 0.3) is 0 Å². The van der Waals surface area contributed by atoms with Crippen LogP contribution in [0.1, 0.15) is 48.9 Å². The number of hydrogen-bond donors (Lipinski definition) is 1. The molecule has 2 saturated heterocycles. The lowest BCUT2D eigenvalue weighted by atomic mass is 9.96. The van der Waals surface area contributed by atoms with E-state index in [1.807, 2.05) is 0 Å². The number of non-ortho nitro benzene ring substituents is 1. The lowest BCUT2D eigenvalue weighted by Gasteiger charge is -2.39. The summed E-state index contributed by atoms with van der Waals surface area (Å²) in [4.78, 5) is 25.3. The van der Waals surface area contributed by atoms with Gasteiger partial charge in [-0.3, -0.25) is 19.8 Å². The largest absolute Gasteiger partial charge is 0.349 e. The molecule has 6 nitrogen and oxygen atoms in total. The molecule has 0 spiro atoms. The summed E-state index contributed by atoms with van der Waals surface area (Å²) in [6.45, 7) is 0. The normalized spacial score (nSPS) is 30.2. The van der Waals surface area contributed by atoms with Gasteiger partial charge in [0.25, 0.3) is 11.6 Å². The fraction of sp³-hybridized carbons (Fsp3) is 0.588. The molecule has 2 atom stereocenters. The fourth-order valence-electron chi connectivity index (χ4n) is 4.30. The van der Waals surface area contributed by atoms with E-state index in [2.05, 4.69) is 10.2 Å². The Kier molecular flexibility index (Phi) is 3.56. The molecule has 0 aromatic heterocycles. The van der Waals surface area contributed by atoms with Crippen LogP contribution in [-0.4, -0.2) is 39.9 Å². The maximum atomic E-state index is 12.4. The number of piperidine rings is 1. The van der Waals surface area contributed by atoms with Gasteiger partial charge in [0, 0.05) is 41.9 Å². The Morgan fingerprint density at radius 3 is 2.13 bits per heavy atom. The first-order valence-corrected chi connectivity index (χ1v) is 8.44. The number of nitrogens with zero attached hydrogens (tertiary/aromatic N) is 2. The molecule has 1 saturated carbocycles. The van der Waals surface area contributed by atoms with Gasteiger partial charge in [0.2, 0.25) is 0 Å². The molecule has 1 aromatic carbocycles. The molecule has 6 heteroatoms. The fourth-order valence-corrected chi connectivity index (χ4v) is 4.30. The van der Waals surface area contributed by atoms with E-state index in [4.69, 9.17) is 0 Å². The van der Waals surface area contributed by atoms with Gasteiger partial charge >= 0.3 is 0 Å². The number of benzene rings is 1. The van der Waals surface area contributed by atoms with E-state index < -0.39 is 4.92 Å². The van der Waals surface area contributed by atoms with Crippen LogP contribution in [0.3, 0.4) is 0 Å². The zero-order valence-electron chi connectivity index (χ0n) is 13.0. The van der Waals surface area contributed by atoms with Crippen LogP contribution in [0.5, 0.6) is 0 Å². The minimum Gasteiger partial charge on any atom is -0.349 e. The average molecular weight is 315 g/mol. The summed E-state index contributed by atoms with van der Waals surface area (Å²) >= 11 is 0. The first kappa shape index (κ1) is 14.6. The first-order valence-electron chi connectivity index (χ1n) is 8.44. The molecule has 0 unspecified atom stereocenters. The molecule has 4 rings (SSSR count). The second-order valence-electron chi connectivity index (χ2n) is 7.01. The number of fused-ring (bicyclic) bond motifs is 2. The van der Waals surface area contributed by atoms with Crippen LogP contribution in [0.4, 0.5) is 5.69 Å². The van der Waals surface area contributed by atoms with Crippen molar-refractivity contribution in [1.82, 2.24) is 10.2 Å². The topological polar surface area (TPSA) is 75.5 Å². The van der Waals surface area contributed by atoms with Crippen molar-refractivity contribution in [2.75, 3.05) is 0 Å². The second kappa shape index (κ2) is 5.60. The lowest BCUT2D eigenvalue weighted by Crippen LogP contribution is -2.51. The highest BCUT2D eigenvalue weighted by molar-refractivity contribution is 5.94. The average Bonchev–Trinajstić information content (AvgIpc) is 3.34. The van der Waals surface area contributed by atoms with Crippen molar-refractivity contribution < 1.29 is 9.72 Å². The van der Waals surface area contributed by atoms with Crippen LogP contribution >= 0.6 is 0 Å². The van der Waals surface area contributed by atoms with E-state index >= 15 is 0 Å². The van der Waals surface area contributed by atoms with E-state index in [1.54, 1.807) is 0 Å². The molecular weight excluding hydrogens is 294 g/mol. The highest BCUT2D eigenvalue weighted by Crippen LogP contribution is 2.43. The third kappa shape index (κ3) is 2.83. The number of hydrogen-bond acceptors (Lipinski definition) is 4. The standard InChI is InChI=1S/C17H21N3O3/c21-17(11-1-3-14(4-2-11)20(22)23)18-12-9-15-7-8-16(10-12)19(15)13-5-6-13/h1-4,12-13,15-16H,5-10H2,(H,18,21)/t15-,16-/m1/s1. The lowest BCUT2D eigenvalue weighted by molar-refractivity contribution is -0.384. The third-order valence-electron chi connectivity index (χ3n) is 5.43. The summed E-state index contributed by atoms with van der Waals surface area (Å²) in [6, 6.07) is 8.11. The molecule has 1 aliphatic carbocycles. The third-order valence-corrected chi connectivity index (χ3v) is 5.43. The van der Waals surface area contributed by atoms with E-state index in [0.717, 1.165) is 18.9 Å². The van der Waals surface area contributed by atoms with Gasteiger partial charge in [-0.1, -0.05) is 0 Å². The Bertz CT molecular complexity index is 612. The monoisotopic (exact) mass is 315 g/mol. The maximum Gasteiger partial charge on any atom is 0.269 e. The van der Waals surface area contributed by atoms with E-state index in [9.17, 15) is 14.9 Å². The molecule has 3 aliphatic rings. The van der Waals surface area contributed by atoms with Crippen LogP contribution < -0.4 is 5.32 Å². The second-order valence-corrected chi connectivity index (χ2v) is 7.01. The number of rotatable bonds is 4. The zero-order valence-corrected chi connectivity index (χ0v) is 13.0. The summed E-state index contributed by atoms with van der Waals surface area (Å²) in [5, 5.41) is 13.8. The van der Waals surface area contributed by atoms with E-state index in [1.165, 1.54) is 49.9 Å². The Morgan fingerprint density at radius 2 is 1.61 bits per heavy atom. The van der Waals surface area contributed by atoms with Crippen molar-refractivity contribution in [1.29, 1.82) is 0 Å². The highest BCUT2D eigenvalue weighted by atomic mass is 16.6. The van der Waals surface area contributed by atoms with Crippen molar-refractivity contribution in [3.63, 3.8) is 0 Å². The molecule has 23 heavy (non-hydrogen) atoms. The van der Waals surface area contributed by atoms with Crippen LogP contribution in [0.2, 0.25) is 0 Å². The van der Waals surface area contributed by atoms with Gasteiger partial charge in [-0.15, -0.1) is 0 Å². The number of nitro benzene ring substituents is 1. The van der Waals surface area contributed by atoms with Gasteiger partial charge < -0.3 is 5.32 Å². The first-order chi connectivity index (χ1) is 11.1. The van der Waals surface area contributed by atoms with Crippen LogP contribution in [0.15, 0.2) is 24.3 Å². The SMILES string of the molecule is O=C(NC1C[C@H]2CC[C@H](C1)N2C1CC1)c1ccc([N+](=O)[O-])cc1. The number of carbonyl (C=O) groups is 1. The number of carbonyl (C=O) groups excluding carboxylic acids is 1. The molecule has 2 bridgehead atoms. The van der Waals surface area contributed by atoms with Gasteiger partial charge in [0.1, 0.15) is 0 Å². The van der Waals surface area contributed by atoms with Crippen LogP contribution in [-0.2, 0) is 0 Å². The zero-order chi connectivity index (χ0) is 16.0. The quantitative estimate of drug-likeness (QED) is 0.684. The highest BCUT2D eigenvalue weighted by Gasteiger charge is 2.47. The Labute approximate surface area is 135 Å². The Hall–Kier alpha value is -1.95. The van der Waals surface area contributed by atoms with Crippen LogP contribution in [0, 0.1) is 10.1 Å². The number of amides is 1. The summed E-state index contributed by atoms with van der Waals surface area (Å²) in [5.41, 5.74) is 0.505. The summed E-state index contributed by atoms with van der Waals surface area (Å²) in [6.07, 6.45) is 7.26. The van der Waals surface area contributed by atoms with Crippen molar-refractivity contribution in [2.24, 2.45) is 0 Å². The van der Waals surface area contributed by atoms with Crippen molar-refractivity contribution in [2.45, 2.75) is 62.7 Å². The Balaban J connectivity index is 1.38. The number of nitrogens with one attached hydrogen (secondary N) is 1. The molecular formula is C17H21N3O3. The summed E-state index contributed by atoms with van der Waals surface area (Å²) in [7, 11) is 0. The molecule has 0 radical (unpaired) electrons. The minimum atomic E-state index is -0.451. The molecule has 1 N–H and O–H groups in total. The molecule has 2 aliphatic heterocycles. The van der Waals surface area contributed by atoms with Gasteiger partial charge in [-0.05, 0) is 50.7 Å². The molecule has 122 valence electrons. The van der Waals surface area contributed by atoms with E-state index in [0.29, 0.717) is 17.6 Å². The predicted molar refractivity (Wildman–Crippen MR) is 85.3 cm³/mol. The molecule has 1 amide bonds. The maximum absolute atomic E-state index is 12.4. The molecule has 3 fully saturated rings. The Morgan fingerprint density at radius 1 is 1.04 bits per heavy atom. The van der Waals surface area contributed by atoms with Gasteiger partial charge in [-0.2, -0.15) is 0 Å². The van der Waals surface area contributed by atoms with Gasteiger partial charge in [-0.25, -0.2) is 0 Å². The molecule has 1 aromatic rings. The smallest absolute Gasteiger partial charge is 0.269 e. The predicted octanol–water partition coefficient (Wildman–Crippen LogP) is 2.48. The van der Waals surface area contributed by atoms with Gasteiger partial charge in [0.05, 0.1) is 4.92 Å². The van der Waals surface area contributed by atoms with Gasteiger partial charge in [0.15, 0.2) is 0 Å². The van der Waals surface area contributed by atoms with E-state index in [-0.39, 0.29) is 17.6 Å². The molecule has 2 heterocycles. The van der Waals surface area contributed by atoms with Crippen molar-refractivity contribution in [3.8, 4) is 0 Å².